The summed E-state index contributed by atoms with van der Waals surface area (Å²) in [6.07, 6.45) is 1.39. The van der Waals surface area contributed by atoms with Crippen molar-refractivity contribution < 1.29 is 4.74 Å². The molecule has 0 bridgehead atoms. The second-order valence-electron chi connectivity index (χ2n) is 6.03. The Hall–Kier alpha value is -0.770. The van der Waals surface area contributed by atoms with Crippen LogP contribution < -0.4 is 10.2 Å². The number of benzene rings is 1. The first-order valence-corrected chi connectivity index (χ1v) is 8.31. The fraction of sp³-hybridized carbons (Fsp3) is 0.647. The Morgan fingerprint density at radius 1 is 1.43 bits per heavy atom. The third-order valence-electron chi connectivity index (χ3n) is 4.09. The molecule has 118 valence electrons. The molecule has 1 heterocycles. The van der Waals surface area contributed by atoms with Gasteiger partial charge in [-0.25, -0.2) is 0 Å². The van der Waals surface area contributed by atoms with Gasteiger partial charge in [-0.3, -0.25) is 0 Å². The molecule has 3 atom stereocenters. The summed E-state index contributed by atoms with van der Waals surface area (Å²) < 4.78 is 5.69. The Kier molecular flexibility index (Phi) is 5.91. The van der Waals surface area contributed by atoms with Crippen molar-refractivity contribution in [3.63, 3.8) is 0 Å². The number of rotatable bonds is 5. The van der Waals surface area contributed by atoms with Crippen LogP contribution in [0.5, 0.6) is 0 Å². The summed E-state index contributed by atoms with van der Waals surface area (Å²) in [7, 11) is 0. The molecule has 4 heteroatoms. The lowest BCUT2D eigenvalue weighted by Gasteiger charge is -2.39. The molecule has 1 aromatic carbocycles. The van der Waals surface area contributed by atoms with E-state index in [0.29, 0.717) is 12.1 Å². The van der Waals surface area contributed by atoms with Gasteiger partial charge in [-0.2, -0.15) is 0 Å². The molecule has 1 aliphatic rings. The molecular formula is C17H27ClN2O. The van der Waals surface area contributed by atoms with Crippen LogP contribution in [0.1, 0.15) is 45.7 Å². The van der Waals surface area contributed by atoms with Crippen LogP contribution in [0.3, 0.4) is 0 Å². The minimum Gasteiger partial charge on any atom is -0.375 e. The van der Waals surface area contributed by atoms with Gasteiger partial charge in [0.2, 0.25) is 0 Å². The normalized spacial score (nSPS) is 24.1. The molecular weight excluding hydrogens is 284 g/mol. The second kappa shape index (κ2) is 7.48. The summed E-state index contributed by atoms with van der Waals surface area (Å²) in [6.45, 7) is 11.3. The van der Waals surface area contributed by atoms with E-state index in [1.165, 1.54) is 5.56 Å². The predicted octanol–water partition coefficient (Wildman–Crippen LogP) is 4.01. The molecule has 3 unspecified atom stereocenters. The van der Waals surface area contributed by atoms with Crippen molar-refractivity contribution in [2.75, 3.05) is 24.6 Å². The van der Waals surface area contributed by atoms with Gasteiger partial charge >= 0.3 is 0 Å². The topological polar surface area (TPSA) is 24.5 Å². The summed E-state index contributed by atoms with van der Waals surface area (Å²) in [5, 5.41) is 4.33. The number of anilines is 1. The standard InChI is InChI=1S/C17H27ClN2O/c1-5-8-19-14(4)15-6-7-17(16(18)9-15)20-10-13(3)21-11-12(20)2/h6-7,9,12-14,19H,5,8,10-11H2,1-4H3. The number of nitrogens with zero attached hydrogens (tertiary/aromatic N) is 1. The van der Waals surface area contributed by atoms with Crippen LogP contribution in [0.15, 0.2) is 18.2 Å². The highest BCUT2D eigenvalue weighted by Crippen LogP contribution is 2.32. The van der Waals surface area contributed by atoms with Crippen LogP contribution in [-0.4, -0.2) is 31.8 Å². The smallest absolute Gasteiger partial charge is 0.0723 e. The highest BCUT2D eigenvalue weighted by molar-refractivity contribution is 6.33. The predicted molar refractivity (Wildman–Crippen MR) is 90.4 cm³/mol. The van der Waals surface area contributed by atoms with Gasteiger partial charge in [0.15, 0.2) is 0 Å². The molecule has 1 saturated heterocycles. The van der Waals surface area contributed by atoms with Gasteiger partial charge in [-0.15, -0.1) is 0 Å². The SMILES string of the molecule is CCCNC(C)c1ccc(N2CC(C)OCC2C)c(Cl)c1. The first-order chi connectivity index (χ1) is 10.0. The third kappa shape index (κ3) is 4.12. The van der Waals surface area contributed by atoms with Gasteiger partial charge < -0.3 is 15.0 Å². The van der Waals surface area contributed by atoms with Crippen LogP contribution >= 0.6 is 11.6 Å². The van der Waals surface area contributed by atoms with E-state index >= 15 is 0 Å². The van der Waals surface area contributed by atoms with E-state index in [1.54, 1.807) is 0 Å². The monoisotopic (exact) mass is 310 g/mol. The van der Waals surface area contributed by atoms with Crippen LogP contribution in [0.2, 0.25) is 5.02 Å². The zero-order valence-corrected chi connectivity index (χ0v) is 14.3. The number of hydrogen-bond donors (Lipinski definition) is 1. The molecule has 1 aromatic rings. The highest BCUT2D eigenvalue weighted by Gasteiger charge is 2.25. The lowest BCUT2D eigenvalue weighted by molar-refractivity contribution is 0.0344. The van der Waals surface area contributed by atoms with Gasteiger partial charge in [0, 0.05) is 18.6 Å². The molecule has 2 rings (SSSR count). The second-order valence-corrected chi connectivity index (χ2v) is 6.44. The largest absolute Gasteiger partial charge is 0.375 e. The molecule has 21 heavy (non-hydrogen) atoms. The Morgan fingerprint density at radius 3 is 2.86 bits per heavy atom. The number of ether oxygens (including phenoxy) is 1. The van der Waals surface area contributed by atoms with E-state index in [9.17, 15) is 0 Å². The molecule has 3 nitrogen and oxygen atoms in total. The highest BCUT2D eigenvalue weighted by atomic mass is 35.5. The van der Waals surface area contributed by atoms with Crippen molar-refractivity contribution >= 4 is 17.3 Å². The Morgan fingerprint density at radius 2 is 2.19 bits per heavy atom. The number of halogens is 1. The molecule has 1 fully saturated rings. The quantitative estimate of drug-likeness (QED) is 0.889. The average Bonchev–Trinajstić information content (AvgIpc) is 2.47. The molecule has 0 aromatic heterocycles. The summed E-state index contributed by atoms with van der Waals surface area (Å²) in [6, 6.07) is 7.12. The van der Waals surface area contributed by atoms with Gasteiger partial charge in [-0.1, -0.05) is 24.6 Å². The molecule has 0 radical (unpaired) electrons. The molecule has 1 N–H and O–H groups in total. The molecule has 0 amide bonds. The number of morpholine rings is 1. The fourth-order valence-corrected chi connectivity index (χ4v) is 3.04. The Balaban J connectivity index is 2.15. The van der Waals surface area contributed by atoms with Crippen molar-refractivity contribution in [3.8, 4) is 0 Å². The van der Waals surface area contributed by atoms with Gasteiger partial charge in [0.25, 0.3) is 0 Å². The maximum atomic E-state index is 6.54. The van der Waals surface area contributed by atoms with Crippen molar-refractivity contribution in [2.45, 2.75) is 52.3 Å². The average molecular weight is 311 g/mol. The Bertz CT molecular complexity index is 466. The van der Waals surface area contributed by atoms with Crippen molar-refractivity contribution in [3.05, 3.63) is 28.8 Å². The van der Waals surface area contributed by atoms with Gasteiger partial charge in [0.05, 0.1) is 23.4 Å². The van der Waals surface area contributed by atoms with Crippen molar-refractivity contribution in [2.24, 2.45) is 0 Å². The zero-order valence-electron chi connectivity index (χ0n) is 13.5. The summed E-state index contributed by atoms with van der Waals surface area (Å²) >= 11 is 6.54. The molecule has 0 spiro atoms. The van der Waals surface area contributed by atoms with Gasteiger partial charge in [0.1, 0.15) is 0 Å². The van der Waals surface area contributed by atoms with Crippen LogP contribution in [-0.2, 0) is 4.74 Å². The Labute approximate surface area is 133 Å². The minimum absolute atomic E-state index is 0.252. The third-order valence-corrected chi connectivity index (χ3v) is 4.39. The lowest BCUT2D eigenvalue weighted by Crippen LogP contribution is -2.47. The number of hydrogen-bond acceptors (Lipinski definition) is 3. The maximum Gasteiger partial charge on any atom is 0.0723 e. The minimum atomic E-state index is 0.252. The molecule has 0 saturated carbocycles. The van der Waals surface area contributed by atoms with E-state index in [2.05, 4.69) is 56.1 Å². The van der Waals surface area contributed by atoms with Crippen LogP contribution in [0.25, 0.3) is 0 Å². The molecule has 0 aliphatic carbocycles. The van der Waals surface area contributed by atoms with Gasteiger partial charge in [-0.05, 0) is 51.4 Å². The van der Waals surface area contributed by atoms with Crippen molar-refractivity contribution in [1.82, 2.24) is 5.32 Å². The number of nitrogens with one attached hydrogen (secondary N) is 1. The summed E-state index contributed by atoms with van der Waals surface area (Å²) in [5.41, 5.74) is 2.36. The first-order valence-electron chi connectivity index (χ1n) is 7.94. The van der Waals surface area contributed by atoms with Crippen LogP contribution in [0, 0.1) is 0 Å². The van der Waals surface area contributed by atoms with E-state index in [1.807, 2.05) is 0 Å². The van der Waals surface area contributed by atoms with Crippen molar-refractivity contribution in [1.29, 1.82) is 0 Å². The summed E-state index contributed by atoms with van der Waals surface area (Å²) in [5.74, 6) is 0. The van der Waals surface area contributed by atoms with E-state index in [-0.39, 0.29) is 6.10 Å². The first kappa shape index (κ1) is 16.6. The van der Waals surface area contributed by atoms with E-state index in [4.69, 9.17) is 16.3 Å². The zero-order chi connectivity index (χ0) is 15.4. The van der Waals surface area contributed by atoms with Crippen LogP contribution in [0.4, 0.5) is 5.69 Å². The van der Waals surface area contributed by atoms with E-state index < -0.39 is 0 Å². The summed E-state index contributed by atoms with van der Waals surface area (Å²) in [4.78, 5) is 2.35. The van der Waals surface area contributed by atoms with E-state index in [0.717, 1.165) is 36.8 Å². The fourth-order valence-electron chi connectivity index (χ4n) is 2.74. The lowest BCUT2D eigenvalue weighted by atomic mass is 10.1. The maximum absolute atomic E-state index is 6.54. The molecule has 1 aliphatic heterocycles.